The van der Waals surface area contributed by atoms with E-state index < -0.39 is 0 Å². The predicted molar refractivity (Wildman–Crippen MR) is 124 cm³/mol. The van der Waals surface area contributed by atoms with Gasteiger partial charge in [0, 0.05) is 39.0 Å². The Kier molecular flexibility index (Phi) is 2.93. The molecule has 0 fully saturated rings. The highest BCUT2D eigenvalue weighted by Gasteiger charge is 2.20. The Morgan fingerprint density at radius 3 is 2.07 bits per heavy atom. The third-order valence-corrected chi connectivity index (χ3v) is 6.32. The zero-order chi connectivity index (χ0) is 20.0. The number of aromatic nitrogens is 1. The molecule has 3 heteroatoms. The Balaban J connectivity index is 1.77. The van der Waals surface area contributed by atoms with Gasteiger partial charge in [0.1, 0.15) is 22.3 Å². The molecule has 144 valence electrons. The lowest BCUT2D eigenvalue weighted by molar-refractivity contribution is 0.640. The van der Waals surface area contributed by atoms with Crippen LogP contribution in [0.15, 0.2) is 81.6 Å². The van der Waals surface area contributed by atoms with Gasteiger partial charge in [0.05, 0.1) is 16.4 Å². The first kappa shape index (κ1) is 16.1. The number of hydrogen-bond acceptors (Lipinski definition) is 2. The van der Waals surface area contributed by atoms with Crippen LogP contribution in [0, 0.1) is 0 Å². The highest BCUT2D eigenvalue weighted by Crippen LogP contribution is 2.42. The van der Waals surface area contributed by atoms with E-state index in [4.69, 9.17) is 8.83 Å². The van der Waals surface area contributed by atoms with Crippen LogP contribution < -0.4 is 0 Å². The van der Waals surface area contributed by atoms with Crippen molar-refractivity contribution in [3.05, 3.63) is 72.8 Å². The molecule has 0 saturated carbocycles. The first-order valence-corrected chi connectivity index (χ1v) is 10.4. The smallest absolute Gasteiger partial charge is 0.145 e. The van der Waals surface area contributed by atoms with Crippen LogP contribution in [-0.2, 0) is 0 Å². The summed E-state index contributed by atoms with van der Waals surface area (Å²) in [6.45, 7) is 4.45. The molecule has 7 rings (SSSR count). The van der Waals surface area contributed by atoms with E-state index in [-0.39, 0.29) is 0 Å². The van der Waals surface area contributed by atoms with E-state index in [2.05, 4.69) is 66.9 Å². The molecule has 0 N–H and O–H groups in total. The van der Waals surface area contributed by atoms with Crippen molar-refractivity contribution in [1.29, 1.82) is 0 Å². The average Bonchev–Trinajstić information content (AvgIpc) is 3.40. The van der Waals surface area contributed by atoms with Crippen molar-refractivity contribution >= 4 is 65.7 Å². The van der Waals surface area contributed by atoms with E-state index >= 15 is 0 Å². The SMILES string of the molecule is CC(C)n1c2cc3oc4ccccc4c3cc2c2c3oc4ccccc4c3ccc21. The molecule has 0 amide bonds. The van der Waals surface area contributed by atoms with Crippen LogP contribution in [0.3, 0.4) is 0 Å². The minimum Gasteiger partial charge on any atom is -0.456 e. The molecular weight excluding hydrogens is 370 g/mol. The fraction of sp³-hybridized carbons (Fsp3) is 0.111. The second kappa shape index (κ2) is 5.45. The highest BCUT2D eigenvalue weighted by molar-refractivity contribution is 6.25. The largest absolute Gasteiger partial charge is 0.456 e. The molecule has 4 aromatic carbocycles. The van der Waals surface area contributed by atoms with E-state index in [1.807, 2.05) is 24.3 Å². The van der Waals surface area contributed by atoms with Gasteiger partial charge in [-0.15, -0.1) is 0 Å². The van der Waals surface area contributed by atoms with Gasteiger partial charge in [-0.1, -0.05) is 36.4 Å². The van der Waals surface area contributed by atoms with E-state index in [1.165, 1.54) is 21.8 Å². The highest BCUT2D eigenvalue weighted by atomic mass is 16.3. The van der Waals surface area contributed by atoms with Gasteiger partial charge in [-0.3, -0.25) is 0 Å². The topological polar surface area (TPSA) is 31.2 Å². The van der Waals surface area contributed by atoms with Crippen LogP contribution in [0.25, 0.3) is 65.7 Å². The number of furan rings is 2. The summed E-state index contributed by atoms with van der Waals surface area (Å²) in [7, 11) is 0. The van der Waals surface area contributed by atoms with Gasteiger partial charge in [0.15, 0.2) is 0 Å². The van der Waals surface area contributed by atoms with Crippen LogP contribution in [0.4, 0.5) is 0 Å². The van der Waals surface area contributed by atoms with Gasteiger partial charge < -0.3 is 13.4 Å². The van der Waals surface area contributed by atoms with Crippen molar-refractivity contribution in [2.45, 2.75) is 19.9 Å². The first-order chi connectivity index (χ1) is 14.7. The molecule has 3 nitrogen and oxygen atoms in total. The lowest BCUT2D eigenvalue weighted by Crippen LogP contribution is -1.99. The third-order valence-electron chi connectivity index (χ3n) is 6.32. The molecule has 0 aliphatic heterocycles. The molecule has 0 bridgehead atoms. The molecule has 0 radical (unpaired) electrons. The molecule has 0 aliphatic carbocycles. The minimum absolute atomic E-state index is 0.314. The lowest BCUT2D eigenvalue weighted by atomic mass is 10.1. The van der Waals surface area contributed by atoms with Crippen molar-refractivity contribution in [2.75, 3.05) is 0 Å². The zero-order valence-electron chi connectivity index (χ0n) is 16.8. The fourth-order valence-electron chi connectivity index (χ4n) is 5.09. The summed E-state index contributed by atoms with van der Waals surface area (Å²) in [5.41, 5.74) is 6.12. The van der Waals surface area contributed by atoms with E-state index in [1.54, 1.807) is 0 Å². The Hall–Kier alpha value is -3.72. The number of benzene rings is 4. The van der Waals surface area contributed by atoms with E-state index in [9.17, 15) is 0 Å². The van der Waals surface area contributed by atoms with Crippen molar-refractivity contribution in [2.24, 2.45) is 0 Å². The van der Waals surface area contributed by atoms with Crippen molar-refractivity contribution in [3.8, 4) is 0 Å². The van der Waals surface area contributed by atoms with Gasteiger partial charge >= 0.3 is 0 Å². The number of fused-ring (bicyclic) bond motifs is 10. The summed E-state index contributed by atoms with van der Waals surface area (Å²) < 4.78 is 15.0. The standard InChI is InChI=1S/C27H19NO2/c1-15(2)28-21-12-11-18-16-7-3-6-10-24(16)30-27(18)26(21)20-13-19-17-8-4-5-9-23(17)29-25(19)14-22(20)28/h3-15H,1-2H3. The quantitative estimate of drug-likeness (QED) is 0.283. The average molecular weight is 389 g/mol. The van der Waals surface area contributed by atoms with Crippen LogP contribution in [-0.4, -0.2) is 4.57 Å². The normalized spacial score (nSPS) is 12.6. The van der Waals surface area contributed by atoms with E-state index in [0.29, 0.717) is 6.04 Å². The van der Waals surface area contributed by atoms with Crippen LogP contribution in [0.2, 0.25) is 0 Å². The second-order valence-electron chi connectivity index (χ2n) is 8.36. The molecule has 0 saturated heterocycles. The minimum atomic E-state index is 0.314. The van der Waals surface area contributed by atoms with E-state index in [0.717, 1.165) is 43.9 Å². The van der Waals surface area contributed by atoms with Gasteiger partial charge in [-0.05, 0) is 44.2 Å². The maximum absolute atomic E-state index is 6.41. The molecule has 0 unspecified atom stereocenters. The Bertz CT molecular complexity index is 1780. The monoisotopic (exact) mass is 389 g/mol. The predicted octanol–water partition coefficient (Wildman–Crippen LogP) is 8.17. The number of nitrogens with zero attached hydrogens (tertiary/aromatic N) is 1. The van der Waals surface area contributed by atoms with Crippen LogP contribution in [0.1, 0.15) is 19.9 Å². The second-order valence-corrected chi connectivity index (χ2v) is 8.36. The van der Waals surface area contributed by atoms with Gasteiger partial charge in [0.25, 0.3) is 0 Å². The van der Waals surface area contributed by atoms with Gasteiger partial charge in [-0.2, -0.15) is 0 Å². The Morgan fingerprint density at radius 2 is 1.30 bits per heavy atom. The summed E-state index contributed by atoms with van der Waals surface area (Å²) in [5, 5.41) is 7.01. The molecule has 7 aromatic rings. The summed E-state index contributed by atoms with van der Waals surface area (Å²) in [5.74, 6) is 0. The summed E-state index contributed by atoms with van der Waals surface area (Å²) >= 11 is 0. The summed E-state index contributed by atoms with van der Waals surface area (Å²) in [6, 6.07) is 25.7. The summed E-state index contributed by atoms with van der Waals surface area (Å²) in [4.78, 5) is 0. The molecule has 30 heavy (non-hydrogen) atoms. The molecule has 3 aromatic heterocycles. The Labute approximate surface area is 172 Å². The molecular formula is C27H19NO2. The third kappa shape index (κ3) is 1.90. The van der Waals surface area contributed by atoms with Crippen molar-refractivity contribution in [3.63, 3.8) is 0 Å². The lowest BCUT2D eigenvalue weighted by Gasteiger charge is -2.11. The van der Waals surface area contributed by atoms with Crippen molar-refractivity contribution < 1.29 is 8.83 Å². The Morgan fingerprint density at radius 1 is 0.600 bits per heavy atom. The zero-order valence-corrected chi connectivity index (χ0v) is 16.8. The maximum Gasteiger partial charge on any atom is 0.145 e. The van der Waals surface area contributed by atoms with Crippen molar-refractivity contribution in [1.82, 2.24) is 4.57 Å². The summed E-state index contributed by atoms with van der Waals surface area (Å²) in [6.07, 6.45) is 0. The fourth-order valence-corrected chi connectivity index (χ4v) is 5.09. The van der Waals surface area contributed by atoms with Crippen LogP contribution >= 0.6 is 0 Å². The van der Waals surface area contributed by atoms with Crippen LogP contribution in [0.5, 0.6) is 0 Å². The maximum atomic E-state index is 6.41. The van der Waals surface area contributed by atoms with Gasteiger partial charge in [-0.25, -0.2) is 0 Å². The number of para-hydroxylation sites is 2. The molecule has 3 heterocycles. The molecule has 0 aliphatic rings. The van der Waals surface area contributed by atoms with Gasteiger partial charge in [0.2, 0.25) is 0 Å². The molecule has 0 atom stereocenters. The first-order valence-electron chi connectivity index (χ1n) is 10.4. The number of hydrogen-bond donors (Lipinski definition) is 0. The molecule has 0 spiro atoms. The number of rotatable bonds is 1.